The molecule has 0 fully saturated rings. The molecule has 0 aromatic heterocycles. The van der Waals surface area contributed by atoms with Crippen molar-refractivity contribution in [2.45, 2.75) is 13.8 Å². The Morgan fingerprint density at radius 3 is 1.14 bits per heavy atom. The molecule has 8 heteroatoms. The van der Waals surface area contributed by atoms with Crippen LogP contribution in [0.2, 0.25) is 0 Å². The Kier molecular flexibility index (Phi) is 21.8. The van der Waals surface area contributed by atoms with Gasteiger partial charge < -0.3 is 19.8 Å². The van der Waals surface area contributed by atoms with Crippen molar-refractivity contribution in [3.8, 4) is 0 Å². The van der Waals surface area contributed by atoms with Crippen LogP contribution in [0.5, 0.6) is 0 Å². The predicted molar refractivity (Wildman–Crippen MR) is 44.4 cm³/mol. The molecule has 0 saturated heterocycles. The van der Waals surface area contributed by atoms with Gasteiger partial charge in [-0.1, -0.05) is 10.2 Å². The fourth-order valence-corrected chi connectivity index (χ4v) is 0.0855. The van der Waals surface area contributed by atoms with Gasteiger partial charge in [-0.15, -0.1) is 0 Å². The van der Waals surface area contributed by atoms with Crippen LogP contribution in [-0.2, 0) is 9.59 Å². The van der Waals surface area contributed by atoms with Gasteiger partial charge in [0.2, 0.25) is 0 Å². The first kappa shape index (κ1) is 17.8. The molecule has 0 aromatic rings. The van der Waals surface area contributed by atoms with E-state index in [2.05, 4.69) is 10.2 Å². The Morgan fingerprint density at radius 2 is 1.07 bits per heavy atom. The third kappa shape index (κ3) is 93.9. The molecule has 2 N–H and O–H groups in total. The monoisotopic (exact) mass is 206 g/mol. The minimum atomic E-state index is -1.62. The molecule has 0 rings (SSSR count). The van der Waals surface area contributed by atoms with Crippen LogP contribution < -0.4 is 0 Å². The van der Waals surface area contributed by atoms with Gasteiger partial charge in [0.25, 0.3) is 0 Å². The van der Waals surface area contributed by atoms with E-state index in [0.29, 0.717) is 0 Å². The van der Waals surface area contributed by atoms with Crippen molar-refractivity contribution in [2.24, 2.45) is 10.2 Å². The van der Waals surface area contributed by atoms with Crippen molar-refractivity contribution in [2.75, 3.05) is 0 Å². The number of aldehydes is 2. The second-order valence-corrected chi connectivity index (χ2v) is 1.24. The summed E-state index contributed by atoms with van der Waals surface area (Å²) >= 11 is 0. The van der Waals surface area contributed by atoms with Crippen LogP contribution in [0.25, 0.3) is 0 Å². The molecule has 0 radical (unpaired) electrons. The highest BCUT2D eigenvalue weighted by Gasteiger charge is 1.91. The van der Waals surface area contributed by atoms with Crippen LogP contribution >= 0.6 is 0 Å². The maximum Gasteiger partial charge on any atom is 0.450 e. The maximum atomic E-state index is 9.38. The largest absolute Gasteiger partial charge is 0.462 e. The van der Waals surface area contributed by atoms with E-state index in [0.717, 1.165) is 12.6 Å². The zero-order valence-corrected chi connectivity index (χ0v) is 7.58. The fraction of sp³-hybridized carbons (Fsp3) is 0.333. The third-order valence-electron chi connectivity index (χ3n) is 0.221. The van der Waals surface area contributed by atoms with Crippen LogP contribution in [0.4, 0.5) is 9.59 Å². The summed E-state index contributed by atoms with van der Waals surface area (Å²) in [6.07, 6.45) is -1.74. The summed E-state index contributed by atoms with van der Waals surface area (Å²) in [6.45, 7) is 2.89. The molecule has 0 aliphatic rings. The molecule has 0 aliphatic heterocycles. The molecule has 0 unspecified atom stereocenters. The van der Waals surface area contributed by atoms with E-state index < -0.39 is 12.2 Å². The topological polar surface area (TPSA) is 133 Å². The summed E-state index contributed by atoms with van der Waals surface area (Å²) in [7, 11) is 0. The smallest absolute Gasteiger partial charge is 0.450 e. The minimum Gasteiger partial charge on any atom is -0.462 e. The molecule has 2 amide bonds. The quantitative estimate of drug-likeness (QED) is 0.451. The lowest BCUT2D eigenvalue weighted by atomic mass is 11.0. The van der Waals surface area contributed by atoms with Crippen molar-refractivity contribution in [1.82, 2.24) is 0 Å². The summed E-state index contributed by atoms with van der Waals surface area (Å²) in [5.41, 5.74) is 0. The molecule has 0 bridgehead atoms. The Bertz CT molecular complexity index is 190. The molecule has 80 valence electrons. The van der Waals surface area contributed by atoms with Crippen molar-refractivity contribution < 1.29 is 29.4 Å². The molecule has 0 aliphatic carbocycles. The number of carboxylic acid groups (broad SMARTS) is 2. The highest BCUT2D eigenvalue weighted by Crippen LogP contribution is 1.76. The number of hydrogen-bond donors (Lipinski definition) is 2. The summed E-state index contributed by atoms with van der Waals surface area (Å²) in [4.78, 5) is 36.4. The average molecular weight is 206 g/mol. The molecule has 0 saturated carbocycles. The molecule has 14 heavy (non-hydrogen) atoms. The predicted octanol–water partition coefficient (Wildman–Crippen LogP) is 1.21. The van der Waals surface area contributed by atoms with Gasteiger partial charge in [0.05, 0.1) is 0 Å². The first-order chi connectivity index (χ1) is 6.45. The number of rotatable bonds is 0. The first-order valence-corrected chi connectivity index (χ1v) is 3.13. The number of amides is 2. The van der Waals surface area contributed by atoms with Gasteiger partial charge in [-0.2, -0.15) is 0 Å². The Hall–Kier alpha value is -2.12. The summed E-state index contributed by atoms with van der Waals surface area (Å²) < 4.78 is 0. The molecule has 0 atom stereocenters. The number of nitrogens with zero attached hydrogens (tertiary/aromatic N) is 2. The summed E-state index contributed by atoms with van der Waals surface area (Å²) in [6, 6.07) is 0. The van der Waals surface area contributed by atoms with Crippen LogP contribution in [0.3, 0.4) is 0 Å². The van der Waals surface area contributed by atoms with Gasteiger partial charge in [-0.3, -0.25) is 0 Å². The number of carbonyl (C=O) groups is 4. The van der Waals surface area contributed by atoms with Gasteiger partial charge in [-0.05, 0) is 13.8 Å². The van der Waals surface area contributed by atoms with E-state index in [1.807, 2.05) is 0 Å². The van der Waals surface area contributed by atoms with E-state index in [4.69, 9.17) is 19.8 Å². The van der Waals surface area contributed by atoms with Crippen molar-refractivity contribution in [1.29, 1.82) is 0 Å². The van der Waals surface area contributed by atoms with Gasteiger partial charge in [0, 0.05) is 0 Å². The van der Waals surface area contributed by atoms with Crippen molar-refractivity contribution >= 4 is 24.8 Å². The normalized spacial score (nSPS) is 7.29. The Balaban J connectivity index is -0.000000168. The van der Waals surface area contributed by atoms with Gasteiger partial charge in [0.1, 0.15) is 12.6 Å². The zero-order valence-electron chi connectivity index (χ0n) is 7.58. The highest BCUT2D eigenvalue weighted by molar-refractivity contribution is 5.70. The van der Waals surface area contributed by atoms with Crippen LogP contribution in [0.15, 0.2) is 10.2 Å². The molecule has 0 aromatic carbocycles. The second-order valence-electron chi connectivity index (χ2n) is 1.24. The van der Waals surface area contributed by atoms with E-state index in [-0.39, 0.29) is 0 Å². The maximum absolute atomic E-state index is 9.38. The van der Waals surface area contributed by atoms with Crippen molar-refractivity contribution in [3.63, 3.8) is 0 Å². The van der Waals surface area contributed by atoms with Gasteiger partial charge in [0.15, 0.2) is 0 Å². The number of carbonyl (C=O) groups excluding carboxylic acids is 2. The van der Waals surface area contributed by atoms with Crippen LogP contribution in [-0.4, -0.2) is 35.0 Å². The van der Waals surface area contributed by atoms with E-state index in [1.54, 1.807) is 0 Å². The first-order valence-electron chi connectivity index (χ1n) is 3.13. The lowest BCUT2D eigenvalue weighted by Gasteiger charge is -1.72. The third-order valence-corrected chi connectivity index (χ3v) is 0.221. The van der Waals surface area contributed by atoms with E-state index >= 15 is 0 Å². The number of hydrogen-bond acceptors (Lipinski definition) is 4. The van der Waals surface area contributed by atoms with Gasteiger partial charge >= 0.3 is 12.2 Å². The van der Waals surface area contributed by atoms with Crippen LogP contribution in [0, 0.1) is 0 Å². The van der Waals surface area contributed by atoms with Crippen LogP contribution in [0.1, 0.15) is 13.8 Å². The molecule has 0 heterocycles. The van der Waals surface area contributed by atoms with Gasteiger partial charge in [-0.25, -0.2) is 9.59 Å². The molecule has 8 nitrogen and oxygen atoms in total. The lowest BCUT2D eigenvalue weighted by Crippen LogP contribution is -1.87. The highest BCUT2D eigenvalue weighted by atomic mass is 16.4. The summed E-state index contributed by atoms with van der Waals surface area (Å²) in [5, 5.41) is 19.8. The Morgan fingerprint density at radius 1 is 0.929 bits per heavy atom. The second kappa shape index (κ2) is 17.1. The van der Waals surface area contributed by atoms with E-state index in [1.165, 1.54) is 13.8 Å². The van der Waals surface area contributed by atoms with Crippen molar-refractivity contribution in [3.05, 3.63) is 0 Å². The standard InChI is InChI=1S/C2H2N2O4.2C2H4O/c5-1(6)3-4-2(7)8;2*1-2-3/h(H,5,6)(H,7,8);2*2H,1H3. The Labute approximate surface area is 79.3 Å². The molecular weight excluding hydrogens is 196 g/mol. The lowest BCUT2D eigenvalue weighted by molar-refractivity contribution is -0.106. The average Bonchev–Trinajstić information content (AvgIpc) is 2.04. The summed E-state index contributed by atoms with van der Waals surface area (Å²) in [5.74, 6) is 0. The SMILES string of the molecule is CC=O.CC=O.O=C(O)N=NC(=O)O. The fourth-order valence-electron chi connectivity index (χ4n) is 0.0855. The van der Waals surface area contributed by atoms with E-state index in [9.17, 15) is 9.59 Å². The number of azo groups is 1. The molecular formula is C6H10N2O6. The minimum absolute atomic E-state index is 0.750. The zero-order chi connectivity index (χ0) is 12.0. The molecule has 0 spiro atoms.